The summed E-state index contributed by atoms with van der Waals surface area (Å²) in [4.78, 5) is 0. The van der Waals surface area contributed by atoms with Crippen molar-refractivity contribution in [1.82, 2.24) is 0 Å². The Bertz CT molecular complexity index is 411. The van der Waals surface area contributed by atoms with Gasteiger partial charge in [0.25, 0.3) is 0 Å². The van der Waals surface area contributed by atoms with Crippen LogP contribution in [0.3, 0.4) is 0 Å². The van der Waals surface area contributed by atoms with Gasteiger partial charge in [0, 0.05) is 22.5 Å². The SMILES string of the molecule is N#Cc1cc(Br)c2c(c1)OCC[C@H]2N. The van der Waals surface area contributed by atoms with Crippen molar-refractivity contribution >= 4 is 15.9 Å². The molecule has 0 radical (unpaired) electrons. The zero-order valence-electron chi connectivity index (χ0n) is 7.46. The number of hydrogen-bond acceptors (Lipinski definition) is 3. The summed E-state index contributed by atoms with van der Waals surface area (Å²) >= 11 is 3.40. The highest BCUT2D eigenvalue weighted by Crippen LogP contribution is 2.37. The molecule has 0 spiro atoms. The van der Waals surface area contributed by atoms with Crippen LogP contribution in [0.5, 0.6) is 5.75 Å². The predicted molar refractivity (Wildman–Crippen MR) is 55.9 cm³/mol. The van der Waals surface area contributed by atoms with Crippen LogP contribution in [-0.2, 0) is 0 Å². The highest BCUT2D eigenvalue weighted by Gasteiger charge is 2.21. The fraction of sp³-hybridized carbons (Fsp3) is 0.300. The minimum absolute atomic E-state index is 0.000804. The summed E-state index contributed by atoms with van der Waals surface area (Å²) in [5.41, 5.74) is 7.50. The molecule has 2 rings (SSSR count). The Hall–Kier alpha value is -1.05. The third-order valence-corrected chi connectivity index (χ3v) is 2.93. The van der Waals surface area contributed by atoms with E-state index in [1.165, 1.54) is 0 Å². The van der Waals surface area contributed by atoms with E-state index in [0.717, 1.165) is 22.2 Å². The van der Waals surface area contributed by atoms with Gasteiger partial charge in [0.05, 0.1) is 18.2 Å². The molecule has 3 nitrogen and oxygen atoms in total. The molecule has 0 aromatic heterocycles. The predicted octanol–water partition coefficient (Wildman–Crippen LogP) is 2.10. The van der Waals surface area contributed by atoms with E-state index >= 15 is 0 Å². The molecule has 0 unspecified atom stereocenters. The lowest BCUT2D eigenvalue weighted by atomic mass is 10.00. The molecule has 2 N–H and O–H groups in total. The van der Waals surface area contributed by atoms with Crippen LogP contribution in [0, 0.1) is 11.3 Å². The zero-order chi connectivity index (χ0) is 10.1. The second kappa shape index (κ2) is 3.60. The van der Waals surface area contributed by atoms with Crippen LogP contribution in [0.15, 0.2) is 16.6 Å². The quantitative estimate of drug-likeness (QED) is 0.770. The van der Waals surface area contributed by atoms with Crippen LogP contribution < -0.4 is 10.5 Å². The third-order valence-electron chi connectivity index (χ3n) is 2.28. The molecule has 1 aromatic carbocycles. The van der Waals surface area contributed by atoms with Gasteiger partial charge in [0.1, 0.15) is 5.75 Å². The summed E-state index contributed by atoms with van der Waals surface area (Å²) in [6.45, 7) is 0.621. The van der Waals surface area contributed by atoms with Gasteiger partial charge in [-0.3, -0.25) is 0 Å². The van der Waals surface area contributed by atoms with Gasteiger partial charge in [-0.25, -0.2) is 0 Å². The Labute approximate surface area is 90.6 Å². The molecule has 0 fully saturated rings. The number of nitrogens with two attached hydrogens (primary N) is 1. The first kappa shape index (κ1) is 9.50. The number of hydrogen-bond donors (Lipinski definition) is 1. The Kier molecular flexibility index (Phi) is 2.44. The lowest BCUT2D eigenvalue weighted by Crippen LogP contribution is -2.21. The maximum absolute atomic E-state index is 8.77. The van der Waals surface area contributed by atoms with Gasteiger partial charge >= 0.3 is 0 Å². The summed E-state index contributed by atoms with van der Waals surface area (Å²) in [5.74, 6) is 0.731. The molecule has 1 heterocycles. The molecule has 1 aliphatic rings. The van der Waals surface area contributed by atoms with Crippen molar-refractivity contribution in [3.05, 3.63) is 27.7 Å². The van der Waals surface area contributed by atoms with Gasteiger partial charge in [-0.05, 0) is 12.1 Å². The maximum Gasteiger partial charge on any atom is 0.126 e. The van der Waals surface area contributed by atoms with E-state index in [1.807, 2.05) is 0 Å². The Morgan fingerprint density at radius 2 is 2.36 bits per heavy atom. The smallest absolute Gasteiger partial charge is 0.126 e. The number of rotatable bonds is 0. The largest absolute Gasteiger partial charge is 0.493 e. The molecule has 72 valence electrons. The topological polar surface area (TPSA) is 59.0 Å². The molecule has 14 heavy (non-hydrogen) atoms. The van der Waals surface area contributed by atoms with Gasteiger partial charge in [-0.15, -0.1) is 0 Å². The first-order valence-electron chi connectivity index (χ1n) is 4.34. The average Bonchev–Trinajstić information content (AvgIpc) is 2.17. The van der Waals surface area contributed by atoms with Gasteiger partial charge in [0.15, 0.2) is 0 Å². The zero-order valence-corrected chi connectivity index (χ0v) is 9.04. The number of nitriles is 1. The minimum atomic E-state index is 0.000804. The van der Waals surface area contributed by atoms with Crippen LogP contribution in [0.4, 0.5) is 0 Å². The lowest BCUT2D eigenvalue weighted by Gasteiger charge is -2.24. The number of nitrogens with zero attached hydrogens (tertiary/aromatic N) is 1. The molecule has 1 aliphatic heterocycles. The molecule has 0 amide bonds. The standard InChI is InChI=1S/C10H9BrN2O/c11-7-3-6(5-12)4-9-10(7)8(13)1-2-14-9/h3-4,8H,1-2,13H2/t8-/m1/s1. The van der Waals surface area contributed by atoms with E-state index in [4.69, 9.17) is 15.7 Å². The fourth-order valence-electron chi connectivity index (χ4n) is 1.58. The number of fused-ring (bicyclic) bond motifs is 1. The number of benzene rings is 1. The van der Waals surface area contributed by atoms with Crippen molar-refractivity contribution in [1.29, 1.82) is 5.26 Å². The minimum Gasteiger partial charge on any atom is -0.493 e. The van der Waals surface area contributed by atoms with E-state index in [2.05, 4.69) is 22.0 Å². The molecule has 0 saturated heterocycles. The summed E-state index contributed by atoms with van der Waals surface area (Å²) < 4.78 is 6.32. The van der Waals surface area contributed by atoms with Gasteiger partial charge < -0.3 is 10.5 Å². The monoisotopic (exact) mass is 252 g/mol. The highest BCUT2D eigenvalue weighted by atomic mass is 79.9. The van der Waals surface area contributed by atoms with Crippen molar-refractivity contribution in [3.63, 3.8) is 0 Å². The van der Waals surface area contributed by atoms with Crippen molar-refractivity contribution in [2.45, 2.75) is 12.5 Å². The third kappa shape index (κ3) is 1.49. The Morgan fingerprint density at radius 3 is 3.07 bits per heavy atom. The number of halogens is 1. The van der Waals surface area contributed by atoms with Crippen LogP contribution >= 0.6 is 15.9 Å². The molecular formula is C10H9BrN2O. The van der Waals surface area contributed by atoms with Crippen molar-refractivity contribution < 1.29 is 4.74 Å². The van der Waals surface area contributed by atoms with Gasteiger partial charge in [-0.1, -0.05) is 15.9 Å². The van der Waals surface area contributed by atoms with Crippen LogP contribution in [-0.4, -0.2) is 6.61 Å². The molecular weight excluding hydrogens is 244 g/mol. The van der Waals surface area contributed by atoms with Crippen molar-refractivity contribution in [3.8, 4) is 11.8 Å². The van der Waals surface area contributed by atoms with Crippen molar-refractivity contribution in [2.75, 3.05) is 6.61 Å². The summed E-state index contributed by atoms with van der Waals surface area (Å²) in [6, 6.07) is 5.59. The second-order valence-corrected chi connectivity index (χ2v) is 4.08. The second-order valence-electron chi connectivity index (χ2n) is 3.23. The van der Waals surface area contributed by atoms with E-state index in [0.29, 0.717) is 12.2 Å². The molecule has 1 aromatic rings. The van der Waals surface area contributed by atoms with E-state index in [9.17, 15) is 0 Å². The highest BCUT2D eigenvalue weighted by molar-refractivity contribution is 9.10. The molecule has 0 aliphatic carbocycles. The van der Waals surface area contributed by atoms with Gasteiger partial charge in [-0.2, -0.15) is 5.26 Å². The molecule has 0 saturated carbocycles. The average molecular weight is 253 g/mol. The fourth-order valence-corrected chi connectivity index (χ4v) is 2.31. The number of ether oxygens (including phenoxy) is 1. The molecule has 1 atom stereocenters. The Balaban J connectivity index is 2.58. The Morgan fingerprint density at radius 1 is 1.57 bits per heavy atom. The first-order valence-corrected chi connectivity index (χ1v) is 5.13. The normalized spacial score (nSPS) is 19.4. The van der Waals surface area contributed by atoms with Crippen LogP contribution in [0.1, 0.15) is 23.6 Å². The summed E-state index contributed by atoms with van der Waals surface area (Å²) in [6.07, 6.45) is 0.817. The maximum atomic E-state index is 8.77. The molecule has 4 heteroatoms. The van der Waals surface area contributed by atoms with E-state index in [1.54, 1.807) is 12.1 Å². The molecule has 0 bridgehead atoms. The van der Waals surface area contributed by atoms with Crippen LogP contribution in [0.25, 0.3) is 0 Å². The van der Waals surface area contributed by atoms with Crippen LogP contribution in [0.2, 0.25) is 0 Å². The first-order chi connectivity index (χ1) is 6.72. The van der Waals surface area contributed by atoms with E-state index in [-0.39, 0.29) is 6.04 Å². The lowest BCUT2D eigenvalue weighted by molar-refractivity contribution is 0.268. The summed E-state index contributed by atoms with van der Waals surface area (Å²) in [7, 11) is 0. The van der Waals surface area contributed by atoms with Crippen molar-refractivity contribution in [2.24, 2.45) is 5.73 Å². The van der Waals surface area contributed by atoms with E-state index < -0.39 is 0 Å². The van der Waals surface area contributed by atoms with Gasteiger partial charge in [0.2, 0.25) is 0 Å². The summed E-state index contributed by atoms with van der Waals surface area (Å²) in [5, 5.41) is 8.77.